The lowest BCUT2D eigenvalue weighted by molar-refractivity contribution is -0.131. The van der Waals surface area contributed by atoms with Crippen LogP contribution < -0.4 is 17.0 Å². The van der Waals surface area contributed by atoms with Gasteiger partial charge in [0, 0.05) is 23.1 Å². The molecule has 1 aliphatic heterocycles. The highest BCUT2D eigenvalue weighted by molar-refractivity contribution is 5.80. The standard InChI is InChI=1S/C10H12N6O4/c1-4-3-16(10(19)13-9(4)18)6-2-5(14-15-12)7(20-6)8(11)17/h3,5-7H,2H2,1H3,(H2,11,17)(H,13,18,19)/t5-,6+,7-/m0/s1. The lowest BCUT2D eigenvalue weighted by atomic mass is 10.1. The fourth-order valence-electron chi connectivity index (χ4n) is 2.06. The van der Waals surface area contributed by atoms with Crippen LogP contribution in [0.3, 0.4) is 0 Å². The van der Waals surface area contributed by atoms with Crippen molar-refractivity contribution in [2.24, 2.45) is 10.8 Å². The van der Waals surface area contributed by atoms with Crippen LogP contribution in [0.5, 0.6) is 0 Å². The van der Waals surface area contributed by atoms with Gasteiger partial charge < -0.3 is 10.5 Å². The number of hydrogen-bond donors (Lipinski definition) is 2. The van der Waals surface area contributed by atoms with Gasteiger partial charge in [0.2, 0.25) is 5.91 Å². The Kier molecular flexibility index (Phi) is 3.59. The number of aryl methyl sites for hydroxylation is 1. The molecule has 1 aromatic rings. The van der Waals surface area contributed by atoms with Crippen LogP contribution in [-0.4, -0.2) is 27.6 Å². The highest BCUT2D eigenvalue weighted by Crippen LogP contribution is 2.29. The molecule has 20 heavy (non-hydrogen) atoms. The van der Waals surface area contributed by atoms with Gasteiger partial charge in [0.1, 0.15) is 12.3 Å². The maximum Gasteiger partial charge on any atom is 0.330 e. The Balaban J connectivity index is 2.38. The number of hydrogen-bond acceptors (Lipinski definition) is 5. The van der Waals surface area contributed by atoms with E-state index in [-0.39, 0.29) is 6.42 Å². The topological polar surface area (TPSA) is 156 Å². The number of nitrogens with zero attached hydrogens (tertiary/aromatic N) is 4. The van der Waals surface area contributed by atoms with E-state index in [1.807, 2.05) is 0 Å². The molecule has 0 unspecified atom stereocenters. The van der Waals surface area contributed by atoms with Crippen molar-refractivity contribution in [1.82, 2.24) is 9.55 Å². The zero-order chi connectivity index (χ0) is 14.9. The van der Waals surface area contributed by atoms with Crippen molar-refractivity contribution in [2.75, 3.05) is 0 Å². The van der Waals surface area contributed by atoms with Gasteiger partial charge in [-0.15, -0.1) is 0 Å². The Labute approximate surface area is 111 Å². The minimum absolute atomic E-state index is 0.114. The number of nitrogens with two attached hydrogens (primary N) is 1. The summed E-state index contributed by atoms with van der Waals surface area (Å²) in [4.78, 5) is 39.0. The van der Waals surface area contributed by atoms with Gasteiger partial charge >= 0.3 is 5.69 Å². The minimum Gasteiger partial charge on any atom is -0.367 e. The number of rotatable bonds is 3. The Morgan fingerprint density at radius 2 is 2.35 bits per heavy atom. The molecule has 1 aromatic heterocycles. The van der Waals surface area contributed by atoms with E-state index >= 15 is 0 Å². The van der Waals surface area contributed by atoms with Gasteiger partial charge in [-0.2, -0.15) is 0 Å². The van der Waals surface area contributed by atoms with Crippen molar-refractivity contribution >= 4 is 5.91 Å². The molecule has 2 rings (SSSR count). The van der Waals surface area contributed by atoms with Crippen LogP contribution in [0.15, 0.2) is 20.9 Å². The molecule has 10 heteroatoms. The first-order valence-corrected chi connectivity index (χ1v) is 5.75. The zero-order valence-electron chi connectivity index (χ0n) is 10.5. The molecule has 1 fully saturated rings. The van der Waals surface area contributed by atoms with E-state index < -0.39 is 35.5 Å². The minimum atomic E-state index is -1.10. The largest absolute Gasteiger partial charge is 0.367 e. The molecule has 3 N–H and O–H groups in total. The van der Waals surface area contributed by atoms with Crippen LogP contribution in [0.2, 0.25) is 0 Å². The molecule has 0 aliphatic carbocycles. The summed E-state index contributed by atoms with van der Waals surface area (Å²) >= 11 is 0. The summed E-state index contributed by atoms with van der Waals surface area (Å²) in [5.41, 5.74) is 12.8. The smallest absolute Gasteiger partial charge is 0.330 e. The summed E-state index contributed by atoms with van der Waals surface area (Å²) in [6.45, 7) is 1.53. The number of carbonyl (C=O) groups is 1. The van der Waals surface area contributed by atoms with Gasteiger partial charge in [-0.1, -0.05) is 5.11 Å². The van der Waals surface area contributed by atoms with Gasteiger partial charge in [0.25, 0.3) is 5.56 Å². The highest BCUT2D eigenvalue weighted by Gasteiger charge is 2.39. The first-order valence-electron chi connectivity index (χ1n) is 5.75. The van der Waals surface area contributed by atoms with E-state index in [0.717, 1.165) is 4.57 Å². The number of aromatic amines is 1. The Morgan fingerprint density at radius 3 is 2.95 bits per heavy atom. The monoisotopic (exact) mass is 280 g/mol. The van der Waals surface area contributed by atoms with Crippen LogP contribution >= 0.6 is 0 Å². The van der Waals surface area contributed by atoms with Crippen LogP contribution in [-0.2, 0) is 9.53 Å². The summed E-state index contributed by atoms with van der Waals surface area (Å²) < 4.78 is 6.49. The Morgan fingerprint density at radius 1 is 1.65 bits per heavy atom. The van der Waals surface area contributed by atoms with E-state index in [2.05, 4.69) is 15.0 Å². The summed E-state index contributed by atoms with van der Waals surface area (Å²) in [5.74, 6) is -0.779. The lowest BCUT2D eigenvalue weighted by Gasteiger charge is -2.14. The molecule has 10 nitrogen and oxygen atoms in total. The summed E-state index contributed by atoms with van der Waals surface area (Å²) in [6, 6.07) is -0.790. The quantitative estimate of drug-likeness (QED) is 0.426. The SMILES string of the molecule is Cc1cn([C@H]2C[C@H](N=[N+]=[N-])[C@@H](C(N)=O)O2)c(=O)[nH]c1=O. The zero-order valence-corrected chi connectivity index (χ0v) is 10.5. The summed E-state index contributed by atoms with van der Waals surface area (Å²) in [5, 5.41) is 3.44. The molecular formula is C10H12N6O4. The second-order valence-corrected chi connectivity index (χ2v) is 4.40. The molecule has 1 aliphatic rings. The number of amides is 1. The molecule has 0 aromatic carbocycles. The number of primary amides is 1. The molecule has 2 heterocycles. The molecule has 0 radical (unpaired) electrons. The molecule has 1 amide bonds. The predicted octanol–water partition coefficient (Wildman–Crippen LogP) is -0.703. The number of carbonyl (C=O) groups excluding carboxylic acids is 1. The van der Waals surface area contributed by atoms with E-state index in [1.165, 1.54) is 13.1 Å². The third-order valence-electron chi connectivity index (χ3n) is 3.03. The van der Waals surface area contributed by atoms with Crippen molar-refractivity contribution < 1.29 is 9.53 Å². The van der Waals surface area contributed by atoms with E-state index in [9.17, 15) is 14.4 Å². The number of aromatic nitrogens is 2. The number of H-pyrrole nitrogens is 1. The van der Waals surface area contributed by atoms with Crippen molar-refractivity contribution in [1.29, 1.82) is 0 Å². The average molecular weight is 280 g/mol. The maximum absolute atomic E-state index is 11.7. The van der Waals surface area contributed by atoms with Crippen LogP contribution in [0, 0.1) is 6.92 Å². The maximum atomic E-state index is 11.7. The molecule has 106 valence electrons. The molecule has 1 saturated heterocycles. The molecule has 0 saturated carbocycles. The van der Waals surface area contributed by atoms with E-state index in [1.54, 1.807) is 0 Å². The van der Waals surface area contributed by atoms with Crippen molar-refractivity contribution in [3.8, 4) is 0 Å². The van der Waals surface area contributed by atoms with Crippen molar-refractivity contribution in [2.45, 2.75) is 31.7 Å². The van der Waals surface area contributed by atoms with Gasteiger partial charge in [0.15, 0.2) is 0 Å². The lowest BCUT2D eigenvalue weighted by Crippen LogP contribution is -2.36. The fourth-order valence-corrected chi connectivity index (χ4v) is 2.06. The number of ether oxygens (including phenoxy) is 1. The van der Waals surface area contributed by atoms with Gasteiger partial charge in [0.05, 0.1) is 6.04 Å². The molecular weight excluding hydrogens is 268 g/mol. The van der Waals surface area contributed by atoms with Crippen LogP contribution in [0.25, 0.3) is 10.4 Å². The van der Waals surface area contributed by atoms with Gasteiger partial charge in [-0.25, -0.2) is 4.79 Å². The molecule has 0 spiro atoms. The third kappa shape index (κ3) is 2.42. The molecule has 3 atom stereocenters. The van der Waals surface area contributed by atoms with Crippen molar-refractivity contribution in [3.63, 3.8) is 0 Å². The second-order valence-electron chi connectivity index (χ2n) is 4.40. The third-order valence-corrected chi connectivity index (χ3v) is 3.03. The predicted molar refractivity (Wildman–Crippen MR) is 66.7 cm³/mol. The average Bonchev–Trinajstić information content (AvgIpc) is 2.78. The Bertz CT molecular complexity index is 690. The normalized spacial score (nSPS) is 25.1. The van der Waals surface area contributed by atoms with Crippen LogP contribution in [0.4, 0.5) is 0 Å². The van der Waals surface area contributed by atoms with E-state index in [0.29, 0.717) is 5.56 Å². The second kappa shape index (κ2) is 5.19. The van der Waals surface area contributed by atoms with Crippen LogP contribution in [0.1, 0.15) is 18.2 Å². The van der Waals surface area contributed by atoms with Gasteiger partial charge in [-0.05, 0) is 12.5 Å². The van der Waals surface area contributed by atoms with E-state index in [4.69, 9.17) is 16.0 Å². The van der Waals surface area contributed by atoms with Crippen molar-refractivity contribution in [3.05, 3.63) is 43.0 Å². The fraction of sp³-hybridized carbons (Fsp3) is 0.500. The summed E-state index contributed by atoms with van der Waals surface area (Å²) in [6.07, 6.45) is -0.494. The number of azide groups is 1. The molecule has 0 bridgehead atoms. The van der Waals surface area contributed by atoms with Gasteiger partial charge in [-0.3, -0.25) is 19.1 Å². The highest BCUT2D eigenvalue weighted by atomic mass is 16.5. The summed E-state index contributed by atoms with van der Waals surface area (Å²) in [7, 11) is 0. The first kappa shape index (κ1) is 13.8. The number of nitrogens with one attached hydrogen (secondary N) is 1. The first-order chi connectivity index (χ1) is 9.43. The Hall–Kier alpha value is -2.58.